The van der Waals surface area contributed by atoms with Gasteiger partial charge in [0.1, 0.15) is 6.04 Å². The molecule has 1 amide bonds. The number of nitrogens with one attached hydrogen (secondary N) is 2. The number of amides is 1. The van der Waals surface area contributed by atoms with E-state index >= 15 is 0 Å². The normalized spacial score (nSPS) is 31.2. The zero-order chi connectivity index (χ0) is 8.77. The van der Waals surface area contributed by atoms with Crippen molar-refractivity contribution in [1.29, 1.82) is 0 Å². The zero-order valence-corrected chi connectivity index (χ0v) is 8.35. The minimum Gasteiger partial charge on any atom is -0.349 e. The summed E-state index contributed by atoms with van der Waals surface area (Å²) in [6.45, 7) is 0. The highest BCUT2D eigenvalue weighted by Gasteiger charge is 2.54. The maximum atomic E-state index is 11.4. The Morgan fingerprint density at radius 1 is 1.67 bits per heavy atom. The van der Waals surface area contributed by atoms with E-state index in [2.05, 4.69) is 10.6 Å². The van der Waals surface area contributed by atoms with Gasteiger partial charge in [-0.05, 0) is 31.3 Å². The number of carbonyl (C=O) groups is 1. The van der Waals surface area contributed by atoms with Crippen LogP contribution >= 0.6 is 24.0 Å². The van der Waals surface area contributed by atoms with Crippen molar-refractivity contribution in [2.45, 2.75) is 23.6 Å². The molecular weight excluding hydrogens is 192 g/mol. The van der Waals surface area contributed by atoms with E-state index in [0.29, 0.717) is 5.11 Å². The fourth-order valence-electron chi connectivity index (χ4n) is 1.52. The lowest BCUT2D eigenvalue weighted by molar-refractivity contribution is -0.120. The van der Waals surface area contributed by atoms with Crippen molar-refractivity contribution in [1.82, 2.24) is 10.6 Å². The van der Waals surface area contributed by atoms with Crippen molar-refractivity contribution in [3.63, 3.8) is 0 Å². The summed E-state index contributed by atoms with van der Waals surface area (Å²) in [5.74, 6) is 0.0341. The Morgan fingerprint density at radius 3 is 2.67 bits per heavy atom. The molecule has 3 nitrogen and oxygen atoms in total. The van der Waals surface area contributed by atoms with E-state index in [-0.39, 0.29) is 16.7 Å². The lowest BCUT2D eigenvalue weighted by atomic mass is 10.2. The van der Waals surface area contributed by atoms with Crippen LogP contribution in [0, 0.1) is 0 Å². The first kappa shape index (κ1) is 8.31. The predicted molar refractivity (Wildman–Crippen MR) is 53.1 cm³/mol. The molecule has 2 N–H and O–H groups in total. The first-order valence-corrected chi connectivity index (χ1v) is 5.48. The molecule has 1 aliphatic heterocycles. The van der Waals surface area contributed by atoms with Gasteiger partial charge in [-0.2, -0.15) is 11.8 Å². The third-order valence-corrected chi connectivity index (χ3v) is 4.13. The van der Waals surface area contributed by atoms with E-state index < -0.39 is 0 Å². The van der Waals surface area contributed by atoms with Gasteiger partial charge in [-0.1, -0.05) is 0 Å². The molecule has 0 aromatic heterocycles. The predicted octanol–water partition coefficient (Wildman–Crippen LogP) is 0.255. The second-order valence-corrected chi connectivity index (χ2v) is 4.79. The van der Waals surface area contributed by atoms with E-state index in [9.17, 15) is 4.79 Å². The minimum absolute atomic E-state index is 0.0341. The molecule has 0 spiro atoms. The van der Waals surface area contributed by atoms with Gasteiger partial charge < -0.3 is 10.6 Å². The molecule has 0 bridgehead atoms. The van der Waals surface area contributed by atoms with Crippen LogP contribution < -0.4 is 10.6 Å². The van der Waals surface area contributed by atoms with Crippen LogP contribution in [0.25, 0.3) is 0 Å². The van der Waals surface area contributed by atoms with Gasteiger partial charge in [0.05, 0.1) is 0 Å². The SMILES string of the molecule is CSC1(C2NC(=S)NC2=O)CC1. The molecule has 12 heavy (non-hydrogen) atoms. The summed E-state index contributed by atoms with van der Waals surface area (Å²) in [6.07, 6.45) is 4.27. The molecule has 0 radical (unpaired) electrons. The third-order valence-electron chi connectivity index (χ3n) is 2.45. The molecule has 1 saturated heterocycles. The van der Waals surface area contributed by atoms with Gasteiger partial charge in [0, 0.05) is 4.75 Å². The quantitative estimate of drug-likeness (QED) is 0.630. The summed E-state index contributed by atoms with van der Waals surface area (Å²) in [5.41, 5.74) is 0. The first-order chi connectivity index (χ1) is 5.68. The highest BCUT2D eigenvalue weighted by atomic mass is 32.2. The molecule has 0 aromatic carbocycles. The fraction of sp³-hybridized carbons (Fsp3) is 0.714. The summed E-state index contributed by atoms with van der Waals surface area (Å²) in [4.78, 5) is 11.4. The molecule has 0 aromatic rings. The van der Waals surface area contributed by atoms with Crippen molar-refractivity contribution in [2.75, 3.05) is 6.26 Å². The summed E-state index contributed by atoms with van der Waals surface area (Å²) in [5, 5.41) is 6.10. The average molecular weight is 202 g/mol. The number of carbonyl (C=O) groups excluding carboxylic acids is 1. The Kier molecular flexibility index (Phi) is 1.80. The summed E-state index contributed by atoms with van der Waals surface area (Å²) in [6, 6.07) is -0.0972. The van der Waals surface area contributed by atoms with Crippen LogP contribution in [-0.2, 0) is 4.79 Å². The number of hydrogen-bond donors (Lipinski definition) is 2. The number of rotatable bonds is 2. The standard InChI is InChI=1S/C7H10N2OS2/c1-12-7(2-3-7)4-5(10)9-6(11)8-4/h4H,2-3H2,1H3,(H2,8,9,10,11). The summed E-state index contributed by atoms with van der Waals surface area (Å²) >= 11 is 6.62. The molecule has 2 aliphatic rings. The molecule has 2 fully saturated rings. The van der Waals surface area contributed by atoms with Crippen LogP contribution in [0.1, 0.15) is 12.8 Å². The van der Waals surface area contributed by atoms with Gasteiger partial charge in [-0.15, -0.1) is 0 Å². The maximum absolute atomic E-state index is 11.4. The van der Waals surface area contributed by atoms with Crippen molar-refractivity contribution in [3.8, 4) is 0 Å². The maximum Gasteiger partial charge on any atom is 0.250 e. The topological polar surface area (TPSA) is 41.1 Å². The van der Waals surface area contributed by atoms with E-state index in [0.717, 1.165) is 12.8 Å². The van der Waals surface area contributed by atoms with Gasteiger partial charge in [-0.25, -0.2) is 0 Å². The second kappa shape index (κ2) is 2.60. The van der Waals surface area contributed by atoms with Gasteiger partial charge >= 0.3 is 0 Å². The average Bonchev–Trinajstić information content (AvgIpc) is 2.74. The molecule has 5 heteroatoms. The monoisotopic (exact) mass is 202 g/mol. The van der Waals surface area contributed by atoms with Crippen molar-refractivity contribution in [2.24, 2.45) is 0 Å². The lowest BCUT2D eigenvalue weighted by Gasteiger charge is -2.17. The molecule has 1 heterocycles. The number of thioether (sulfide) groups is 1. The van der Waals surface area contributed by atoms with E-state index in [1.54, 1.807) is 11.8 Å². The first-order valence-electron chi connectivity index (χ1n) is 3.84. The van der Waals surface area contributed by atoms with Crippen molar-refractivity contribution < 1.29 is 4.79 Å². The number of hydrogen-bond acceptors (Lipinski definition) is 3. The smallest absolute Gasteiger partial charge is 0.250 e. The van der Waals surface area contributed by atoms with E-state index in [1.807, 2.05) is 6.26 Å². The molecule has 66 valence electrons. The van der Waals surface area contributed by atoms with E-state index in [1.165, 1.54) is 0 Å². The summed E-state index contributed by atoms with van der Waals surface area (Å²) < 4.78 is 0.130. The van der Waals surface area contributed by atoms with Crippen molar-refractivity contribution in [3.05, 3.63) is 0 Å². The highest BCUT2D eigenvalue weighted by Crippen LogP contribution is 2.50. The number of thiocarbonyl (C=S) groups is 1. The molecule has 1 atom stereocenters. The van der Waals surface area contributed by atoms with Crippen molar-refractivity contribution >= 4 is 35.0 Å². The van der Waals surface area contributed by atoms with Crippen LogP contribution in [0.5, 0.6) is 0 Å². The van der Waals surface area contributed by atoms with Gasteiger partial charge in [-0.3, -0.25) is 4.79 Å². The molecule has 1 aliphatic carbocycles. The Morgan fingerprint density at radius 2 is 2.33 bits per heavy atom. The van der Waals surface area contributed by atoms with Crippen LogP contribution in [0.15, 0.2) is 0 Å². The minimum atomic E-state index is -0.0972. The Balaban J connectivity index is 2.14. The van der Waals surface area contributed by atoms with Crippen LogP contribution in [0.2, 0.25) is 0 Å². The van der Waals surface area contributed by atoms with Gasteiger partial charge in [0.2, 0.25) is 5.91 Å². The largest absolute Gasteiger partial charge is 0.349 e. The second-order valence-electron chi connectivity index (χ2n) is 3.16. The molecule has 1 unspecified atom stereocenters. The van der Waals surface area contributed by atoms with E-state index in [4.69, 9.17) is 12.2 Å². The summed E-state index contributed by atoms with van der Waals surface area (Å²) in [7, 11) is 0. The van der Waals surface area contributed by atoms with Crippen LogP contribution in [0.3, 0.4) is 0 Å². The Labute approximate surface area is 80.7 Å². The van der Waals surface area contributed by atoms with Crippen LogP contribution in [0.4, 0.5) is 0 Å². The van der Waals surface area contributed by atoms with Gasteiger partial charge in [0.25, 0.3) is 0 Å². The molecule has 2 rings (SSSR count). The zero-order valence-electron chi connectivity index (χ0n) is 6.72. The fourth-order valence-corrected chi connectivity index (χ4v) is 2.65. The molecular formula is C7H10N2OS2. The van der Waals surface area contributed by atoms with Crippen LogP contribution in [-0.4, -0.2) is 28.1 Å². The van der Waals surface area contributed by atoms with Gasteiger partial charge in [0.15, 0.2) is 5.11 Å². The highest BCUT2D eigenvalue weighted by molar-refractivity contribution is 8.00. The Hall–Kier alpha value is -0.290. The Bertz CT molecular complexity index is 250. The lowest BCUT2D eigenvalue weighted by Crippen LogP contribution is -2.40. The third kappa shape index (κ3) is 1.11. The molecule has 1 saturated carbocycles.